The molecule has 2 aromatic rings. The monoisotopic (exact) mass is 468 g/mol. The summed E-state index contributed by atoms with van der Waals surface area (Å²) < 4.78 is 56.6. The number of aryl methyl sites for hydroxylation is 1. The van der Waals surface area contributed by atoms with Crippen molar-refractivity contribution >= 4 is 11.8 Å². The van der Waals surface area contributed by atoms with E-state index in [1.165, 1.54) is 13.0 Å². The summed E-state index contributed by atoms with van der Waals surface area (Å²) in [6.07, 6.45) is -6.87. The summed E-state index contributed by atoms with van der Waals surface area (Å²) in [6, 6.07) is 9.51. The summed E-state index contributed by atoms with van der Waals surface area (Å²) in [5.41, 5.74) is 7.84. The van der Waals surface area contributed by atoms with Crippen LogP contribution in [-0.4, -0.2) is 46.5 Å². The van der Waals surface area contributed by atoms with Gasteiger partial charge in [0.1, 0.15) is 29.4 Å². The van der Waals surface area contributed by atoms with Gasteiger partial charge in [-0.3, -0.25) is 4.98 Å². The van der Waals surface area contributed by atoms with Crippen LogP contribution in [0.4, 0.5) is 13.2 Å². The smallest absolute Gasteiger partial charge is 0.389 e. The number of hydrogen-bond acceptors (Lipinski definition) is 7. The van der Waals surface area contributed by atoms with Crippen LogP contribution < -0.4 is 0 Å². The molecule has 2 saturated heterocycles. The van der Waals surface area contributed by atoms with E-state index in [9.17, 15) is 18.3 Å². The first-order chi connectivity index (χ1) is 15.3. The zero-order valence-corrected chi connectivity index (χ0v) is 17.5. The number of aliphatic hydroxyl groups is 1. The lowest BCUT2D eigenvalue weighted by Gasteiger charge is -2.46. The number of benzene rings is 1. The fraction of sp³-hybridized carbons (Fsp3) is 0.450. The van der Waals surface area contributed by atoms with E-state index in [2.05, 4.69) is 15.0 Å². The summed E-state index contributed by atoms with van der Waals surface area (Å²) in [5.74, 6) is 0. The number of ether oxygens (including phenoxy) is 3. The maximum atomic E-state index is 13.0. The molecule has 2 aliphatic rings. The number of thioether (sulfide) groups is 1. The highest BCUT2D eigenvalue weighted by Gasteiger charge is 2.49. The highest BCUT2D eigenvalue weighted by Crippen LogP contribution is 2.40. The normalized spacial score (nSPS) is 30.3. The number of alkyl halides is 3. The fourth-order valence-electron chi connectivity index (χ4n) is 3.69. The number of halogens is 3. The molecule has 1 N–H and O–H groups in total. The molecule has 32 heavy (non-hydrogen) atoms. The van der Waals surface area contributed by atoms with Crippen LogP contribution in [0.15, 0.2) is 52.6 Å². The lowest BCUT2D eigenvalue weighted by atomic mass is 9.97. The standard InChI is InChI=1S/C20H19F3N4O4S/c1-10-7-12(8-25-17(10)20(21,22)23)32-19-15(28)14(26-27-24)16-13(30-19)9-29-18(31-16)11-5-3-2-4-6-11/h2-8,13-16,18-19,28H,9H2,1H3/t13?,14?,15?,16-,18?,19+/m0/s1. The highest BCUT2D eigenvalue weighted by molar-refractivity contribution is 7.99. The number of hydrogen-bond donors (Lipinski definition) is 1. The number of pyridine rings is 1. The van der Waals surface area contributed by atoms with Crippen LogP contribution in [0, 0.1) is 6.92 Å². The van der Waals surface area contributed by atoms with Crippen molar-refractivity contribution in [2.45, 2.75) is 54.1 Å². The van der Waals surface area contributed by atoms with Gasteiger partial charge in [-0.05, 0) is 24.1 Å². The van der Waals surface area contributed by atoms with Gasteiger partial charge in [-0.25, -0.2) is 0 Å². The fourth-order valence-corrected chi connectivity index (χ4v) is 4.82. The molecule has 6 atom stereocenters. The van der Waals surface area contributed by atoms with E-state index in [1.807, 2.05) is 30.3 Å². The lowest BCUT2D eigenvalue weighted by Crippen LogP contribution is -2.60. The first-order valence-corrected chi connectivity index (χ1v) is 10.6. The van der Waals surface area contributed by atoms with E-state index in [0.717, 1.165) is 23.5 Å². The van der Waals surface area contributed by atoms with Crippen molar-refractivity contribution in [3.8, 4) is 0 Å². The van der Waals surface area contributed by atoms with Gasteiger partial charge in [-0.1, -0.05) is 47.2 Å². The Labute approximate surface area is 185 Å². The SMILES string of the molecule is Cc1cc(S[C@H]2OC3COC(c4ccccc4)O[C@@H]3C(N=[N+]=[N-])C2O)cnc1C(F)(F)F. The average molecular weight is 468 g/mol. The molecule has 0 saturated carbocycles. The van der Waals surface area contributed by atoms with Crippen LogP contribution >= 0.6 is 11.8 Å². The first kappa shape index (κ1) is 22.8. The Hall–Kier alpha value is -2.34. The van der Waals surface area contributed by atoms with E-state index < -0.39 is 47.9 Å². The van der Waals surface area contributed by atoms with Crippen LogP contribution in [0.25, 0.3) is 10.4 Å². The molecule has 4 rings (SSSR count). The van der Waals surface area contributed by atoms with Crippen molar-refractivity contribution in [2.24, 2.45) is 5.11 Å². The summed E-state index contributed by atoms with van der Waals surface area (Å²) in [4.78, 5) is 6.71. The van der Waals surface area contributed by atoms with Gasteiger partial charge in [0.25, 0.3) is 0 Å². The Kier molecular flexibility index (Phi) is 6.61. The molecule has 8 nitrogen and oxygen atoms in total. The maximum absolute atomic E-state index is 13.0. The van der Waals surface area contributed by atoms with Gasteiger partial charge in [0, 0.05) is 21.6 Å². The van der Waals surface area contributed by atoms with Gasteiger partial charge in [0.15, 0.2) is 6.29 Å². The zero-order chi connectivity index (χ0) is 22.9. The van der Waals surface area contributed by atoms with Gasteiger partial charge in [-0.2, -0.15) is 13.2 Å². The van der Waals surface area contributed by atoms with Gasteiger partial charge < -0.3 is 19.3 Å². The lowest BCUT2D eigenvalue weighted by molar-refractivity contribution is -0.297. The number of aromatic nitrogens is 1. The van der Waals surface area contributed by atoms with Crippen molar-refractivity contribution in [3.05, 3.63) is 69.9 Å². The third-order valence-electron chi connectivity index (χ3n) is 5.16. The van der Waals surface area contributed by atoms with Gasteiger partial charge in [0.2, 0.25) is 0 Å². The Balaban J connectivity index is 1.53. The molecule has 0 spiro atoms. The van der Waals surface area contributed by atoms with Crippen molar-refractivity contribution in [2.75, 3.05) is 6.61 Å². The number of nitrogens with zero attached hydrogens (tertiary/aromatic N) is 4. The van der Waals surface area contributed by atoms with Crippen molar-refractivity contribution in [3.63, 3.8) is 0 Å². The van der Waals surface area contributed by atoms with E-state index >= 15 is 0 Å². The summed E-state index contributed by atoms with van der Waals surface area (Å²) in [7, 11) is 0. The molecule has 3 heterocycles. The van der Waals surface area contributed by atoms with E-state index in [0.29, 0.717) is 4.90 Å². The largest absolute Gasteiger partial charge is 0.433 e. The van der Waals surface area contributed by atoms with Crippen LogP contribution in [0.5, 0.6) is 0 Å². The van der Waals surface area contributed by atoms with E-state index in [1.54, 1.807) is 0 Å². The third kappa shape index (κ3) is 4.70. The van der Waals surface area contributed by atoms with Crippen LogP contribution in [0.2, 0.25) is 0 Å². The van der Waals surface area contributed by atoms with E-state index in [4.69, 9.17) is 19.7 Å². The molecule has 0 amide bonds. The number of rotatable bonds is 4. The summed E-state index contributed by atoms with van der Waals surface area (Å²) in [6.45, 7) is 1.43. The molecule has 0 radical (unpaired) electrons. The number of azide groups is 1. The molecular formula is C20H19F3N4O4S. The minimum Gasteiger partial charge on any atom is -0.389 e. The zero-order valence-electron chi connectivity index (χ0n) is 16.7. The Bertz CT molecular complexity index is 1010. The second-order valence-electron chi connectivity index (χ2n) is 7.36. The first-order valence-electron chi connectivity index (χ1n) is 9.68. The van der Waals surface area contributed by atoms with Crippen LogP contribution in [0.3, 0.4) is 0 Å². The molecule has 2 fully saturated rings. The molecule has 0 bridgehead atoms. The molecule has 2 aliphatic heterocycles. The molecule has 4 unspecified atom stereocenters. The molecule has 1 aromatic heterocycles. The minimum atomic E-state index is -4.56. The Morgan fingerprint density at radius 3 is 2.66 bits per heavy atom. The van der Waals surface area contributed by atoms with E-state index in [-0.39, 0.29) is 12.2 Å². The summed E-state index contributed by atoms with van der Waals surface area (Å²) >= 11 is 0.992. The van der Waals surface area contributed by atoms with Crippen LogP contribution in [-0.2, 0) is 20.4 Å². The minimum absolute atomic E-state index is 0.0488. The van der Waals surface area contributed by atoms with Crippen molar-refractivity contribution in [1.82, 2.24) is 4.98 Å². The quantitative estimate of drug-likeness (QED) is 0.405. The number of aliphatic hydroxyl groups excluding tert-OH is 1. The van der Waals surface area contributed by atoms with Crippen molar-refractivity contribution < 1.29 is 32.5 Å². The number of fused-ring (bicyclic) bond motifs is 1. The summed E-state index contributed by atoms with van der Waals surface area (Å²) in [5, 5.41) is 14.6. The Morgan fingerprint density at radius 1 is 1.25 bits per heavy atom. The van der Waals surface area contributed by atoms with Gasteiger partial charge in [0.05, 0.1) is 12.6 Å². The predicted octanol–water partition coefficient (Wildman–Crippen LogP) is 4.38. The third-order valence-corrected chi connectivity index (χ3v) is 6.28. The van der Waals surface area contributed by atoms with Crippen LogP contribution in [0.1, 0.15) is 23.1 Å². The second kappa shape index (κ2) is 9.26. The van der Waals surface area contributed by atoms with Crippen molar-refractivity contribution in [1.29, 1.82) is 0 Å². The topological polar surface area (TPSA) is 110 Å². The van der Waals surface area contributed by atoms with Gasteiger partial charge >= 0.3 is 6.18 Å². The van der Waals surface area contributed by atoms with Gasteiger partial charge in [-0.15, -0.1) is 0 Å². The molecular weight excluding hydrogens is 449 g/mol. The molecule has 1 aromatic carbocycles. The predicted molar refractivity (Wildman–Crippen MR) is 107 cm³/mol. The Morgan fingerprint density at radius 2 is 2.00 bits per heavy atom. The maximum Gasteiger partial charge on any atom is 0.433 e. The average Bonchev–Trinajstić information content (AvgIpc) is 2.76. The highest BCUT2D eigenvalue weighted by atomic mass is 32.2. The molecule has 12 heteroatoms. The molecule has 170 valence electrons. The molecule has 0 aliphatic carbocycles. The second-order valence-corrected chi connectivity index (χ2v) is 8.53.